The van der Waals surface area contributed by atoms with Gasteiger partial charge >= 0.3 is 0 Å². The van der Waals surface area contributed by atoms with Crippen molar-refractivity contribution in [1.29, 1.82) is 0 Å². The molecule has 24 heavy (non-hydrogen) atoms. The molecule has 0 unspecified atom stereocenters. The molecule has 4 aromatic rings. The van der Waals surface area contributed by atoms with E-state index in [0.29, 0.717) is 0 Å². The molecular formula is C18H14N4O2. The second-order valence-corrected chi connectivity index (χ2v) is 5.45. The SMILES string of the molecule is O=NCc1c(-c2ccn[nH]2)n(-c2ccc(O)cc2)c2ccccc12. The first kappa shape index (κ1) is 14.2. The molecule has 6 nitrogen and oxygen atoms in total. The normalized spacial score (nSPS) is 11.0. The molecule has 0 bridgehead atoms. The molecule has 0 spiro atoms. The summed E-state index contributed by atoms with van der Waals surface area (Å²) in [4.78, 5) is 11.0. The van der Waals surface area contributed by atoms with Gasteiger partial charge in [0.15, 0.2) is 0 Å². The molecule has 4 rings (SSSR count). The van der Waals surface area contributed by atoms with Crippen molar-refractivity contribution in [3.05, 3.63) is 71.3 Å². The van der Waals surface area contributed by atoms with E-state index >= 15 is 0 Å². The largest absolute Gasteiger partial charge is 0.508 e. The van der Waals surface area contributed by atoms with E-state index in [1.807, 2.05) is 47.0 Å². The number of fused-ring (bicyclic) bond motifs is 1. The van der Waals surface area contributed by atoms with Crippen molar-refractivity contribution in [2.75, 3.05) is 0 Å². The maximum Gasteiger partial charge on any atom is 0.115 e. The Labute approximate surface area is 137 Å². The van der Waals surface area contributed by atoms with Crippen molar-refractivity contribution in [3.63, 3.8) is 0 Å². The van der Waals surface area contributed by atoms with Gasteiger partial charge in [0.05, 0.1) is 16.9 Å². The van der Waals surface area contributed by atoms with Gasteiger partial charge in [-0.25, -0.2) is 0 Å². The van der Waals surface area contributed by atoms with Crippen LogP contribution in [0.5, 0.6) is 5.75 Å². The van der Waals surface area contributed by atoms with Crippen LogP contribution < -0.4 is 0 Å². The van der Waals surface area contributed by atoms with Crippen molar-refractivity contribution in [1.82, 2.24) is 14.8 Å². The van der Waals surface area contributed by atoms with Gasteiger partial charge in [0.2, 0.25) is 0 Å². The van der Waals surface area contributed by atoms with Crippen LogP contribution in [0.15, 0.2) is 66.0 Å². The van der Waals surface area contributed by atoms with Gasteiger partial charge in [-0.2, -0.15) is 10.0 Å². The summed E-state index contributed by atoms with van der Waals surface area (Å²) in [7, 11) is 0. The number of nitrogens with zero attached hydrogens (tertiary/aromatic N) is 3. The first-order valence-electron chi connectivity index (χ1n) is 7.50. The molecule has 0 aliphatic rings. The Morgan fingerprint density at radius 3 is 2.58 bits per heavy atom. The zero-order chi connectivity index (χ0) is 16.5. The lowest BCUT2D eigenvalue weighted by molar-refractivity contribution is 0.475. The van der Waals surface area contributed by atoms with Gasteiger partial charge in [0.25, 0.3) is 0 Å². The molecule has 0 aliphatic carbocycles. The number of rotatable bonds is 4. The van der Waals surface area contributed by atoms with Gasteiger partial charge in [0.1, 0.15) is 12.3 Å². The molecule has 6 heteroatoms. The van der Waals surface area contributed by atoms with E-state index in [9.17, 15) is 10.0 Å². The molecule has 2 N–H and O–H groups in total. The topological polar surface area (TPSA) is 83.3 Å². The quantitative estimate of drug-likeness (QED) is 0.558. The van der Waals surface area contributed by atoms with Crippen LogP contribution in [0.3, 0.4) is 0 Å². The van der Waals surface area contributed by atoms with E-state index in [2.05, 4.69) is 15.4 Å². The minimum absolute atomic E-state index is 0.0694. The van der Waals surface area contributed by atoms with E-state index < -0.39 is 0 Å². The fourth-order valence-corrected chi connectivity index (χ4v) is 3.07. The molecule has 118 valence electrons. The number of aromatic hydroxyl groups is 1. The third-order valence-electron chi connectivity index (χ3n) is 4.07. The molecule has 0 radical (unpaired) electrons. The van der Waals surface area contributed by atoms with Crippen LogP contribution in [0.4, 0.5) is 0 Å². The number of phenols is 1. The van der Waals surface area contributed by atoms with Crippen LogP contribution in [0.2, 0.25) is 0 Å². The third kappa shape index (κ3) is 2.16. The Kier molecular flexibility index (Phi) is 3.35. The highest BCUT2D eigenvalue weighted by Gasteiger charge is 2.20. The molecule has 0 saturated heterocycles. The zero-order valence-corrected chi connectivity index (χ0v) is 12.7. The molecule has 0 aliphatic heterocycles. The van der Waals surface area contributed by atoms with Crippen molar-refractivity contribution in [2.45, 2.75) is 6.54 Å². The zero-order valence-electron chi connectivity index (χ0n) is 12.7. The molecule has 0 saturated carbocycles. The number of para-hydroxylation sites is 1. The predicted octanol–water partition coefficient (Wildman–Crippen LogP) is 3.99. The molecule has 2 heterocycles. The summed E-state index contributed by atoms with van der Waals surface area (Å²) in [6.07, 6.45) is 1.67. The Bertz CT molecular complexity index is 1000. The summed E-state index contributed by atoms with van der Waals surface area (Å²) in [6.45, 7) is 0.0694. The number of phenolic OH excluding ortho intramolecular Hbond substituents is 1. The Hall–Kier alpha value is -3.41. The standard InChI is InChI=1S/C18H14N4O2/c23-13-7-5-12(6-8-13)22-17-4-2-1-3-14(17)15(11-20-24)18(22)16-9-10-19-21-16/h1-10,23H,11H2,(H,19,21). The minimum atomic E-state index is 0.0694. The predicted molar refractivity (Wildman–Crippen MR) is 92.0 cm³/mol. The van der Waals surface area contributed by atoms with Crippen LogP contribution in [0.1, 0.15) is 5.56 Å². The average Bonchev–Trinajstić information content (AvgIpc) is 3.23. The first-order chi connectivity index (χ1) is 11.8. The highest BCUT2D eigenvalue weighted by molar-refractivity contribution is 5.93. The molecule has 0 fully saturated rings. The maximum atomic E-state index is 11.0. The summed E-state index contributed by atoms with van der Waals surface area (Å²) in [6, 6.07) is 16.7. The van der Waals surface area contributed by atoms with Crippen molar-refractivity contribution < 1.29 is 5.11 Å². The lowest BCUT2D eigenvalue weighted by Crippen LogP contribution is -1.98. The van der Waals surface area contributed by atoms with Gasteiger partial charge in [-0.05, 0) is 36.4 Å². The minimum Gasteiger partial charge on any atom is -0.508 e. The van der Waals surface area contributed by atoms with Gasteiger partial charge in [-0.1, -0.05) is 23.4 Å². The molecular weight excluding hydrogens is 304 g/mol. The van der Waals surface area contributed by atoms with Crippen LogP contribution in [-0.4, -0.2) is 19.9 Å². The molecule has 2 aromatic heterocycles. The summed E-state index contributed by atoms with van der Waals surface area (Å²) < 4.78 is 2.04. The summed E-state index contributed by atoms with van der Waals surface area (Å²) in [5.74, 6) is 0.202. The van der Waals surface area contributed by atoms with Crippen molar-refractivity contribution >= 4 is 10.9 Å². The van der Waals surface area contributed by atoms with Gasteiger partial charge < -0.3 is 9.67 Å². The van der Waals surface area contributed by atoms with E-state index in [0.717, 1.165) is 33.5 Å². The number of nitroso groups, excluding NO2 is 1. The highest BCUT2D eigenvalue weighted by atomic mass is 16.3. The van der Waals surface area contributed by atoms with Crippen molar-refractivity contribution in [3.8, 4) is 22.8 Å². The average molecular weight is 318 g/mol. The van der Waals surface area contributed by atoms with Crippen LogP contribution in [0.25, 0.3) is 28.0 Å². The number of aromatic nitrogens is 3. The maximum absolute atomic E-state index is 11.0. The second kappa shape index (κ2) is 5.66. The van der Waals surface area contributed by atoms with Gasteiger partial charge in [-0.15, -0.1) is 0 Å². The fourth-order valence-electron chi connectivity index (χ4n) is 3.07. The fraction of sp³-hybridized carbons (Fsp3) is 0.0556. The number of hydrogen-bond donors (Lipinski definition) is 2. The van der Waals surface area contributed by atoms with E-state index in [1.54, 1.807) is 18.3 Å². The lowest BCUT2D eigenvalue weighted by Gasteiger charge is -2.11. The summed E-state index contributed by atoms with van der Waals surface area (Å²) in [5.41, 5.74) is 4.34. The summed E-state index contributed by atoms with van der Waals surface area (Å²) >= 11 is 0. The molecule has 0 amide bonds. The number of nitrogens with one attached hydrogen (secondary N) is 1. The van der Waals surface area contributed by atoms with Gasteiger partial charge in [0, 0.05) is 22.8 Å². The van der Waals surface area contributed by atoms with Crippen LogP contribution >= 0.6 is 0 Å². The van der Waals surface area contributed by atoms with Gasteiger partial charge in [-0.3, -0.25) is 5.10 Å². The second-order valence-electron chi connectivity index (χ2n) is 5.45. The number of benzene rings is 2. The smallest absolute Gasteiger partial charge is 0.115 e. The van der Waals surface area contributed by atoms with Crippen LogP contribution in [0, 0.1) is 4.91 Å². The molecule has 2 aromatic carbocycles. The molecule has 0 atom stereocenters. The summed E-state index contributed by atoms with van der Waals surface area (Å²) in [5, 5.41) is 20.7. The lowest BCUT2D eigenvalue weighted by atomic mass is 10.1. The third-order valence-corrected chi connectivity index (χ3v) is 4.07. The number of H-pyrrole nitrogens is 1. The van der Waals surface area contributed by atoms with Crippen LogP contribution in [-0.2, 0) is 6.54 Å². The monoisotopic (exact) mass is 318 g/mol. The van der Waals surface area contributed by atoms with E-state index in [-0.39, 0.29) is 12.3 Å². The number of aromatic amines is 1. The Morgan fingerprint density at radius 1 is 1.08 bits per heavy atom. The van der Waals surface area contributed by atoms with Crippen molar-refractivity contribution in [2.24, 2.45) is 5.18 Å². The Balaban J connectivity index is 2.12. The first-order valence-corrected chi connectivity index (χ1v) is 7.50. The van der Waals surface area contributed by atoms with E-state index in [4.69, 9.17) is 0 Å². The number of hydrogen-bond acceptors (Lipinski definition) is 4. The van der Waals surface area contributed by atoms with E-state index in [1.165, 1.54) is 0 Å². The Morgan fingerprint density at radius 2 is 1.88 bits per heavy atom. The highest BCUT2D eigenvalue weighted by Crippen LogP contribution is 2.36.